The third-order valence-corrected chi connectivity index (χ3v) is 7.56. The second-order valence-electron chi connectivity index (χ2n) is 9.88. The lowest BCUT2D eigenvalue weighted by atomic mass is 9.94. The van der Waals surface area contributed by atoms with Crippen molar-refractivity contribution in [3.63, 3.8) is 0 Å². The van der Waals surface area contributed by atoms with Crippen LogP contribution in [0.4, 0.5) is 5.82 Å². The van der Waals surface area contributed by atoms with Gasteiger partial charge in [-0.15, -0.1) is 0 Å². The Kier molecular flexibility index (Phi) is 6.73. The highest BCUT2D eigenvalue weighted by atomic mass is 16.2. The van der Waals surface area contributed by atoms with Gasteiger partial charge in [-0.05, 0) is 62.3 Å². The summed E-state index contributed by atoms with van der Waals surface area (Å²) in [5.41, 5.74) is 2.24. The van der Waals surface area contributed by atoms with Gasteiger partial charge in [-0.3, -0.25) is 9.69 Å². The number of para-hydroxylation sites is 1. The normalized spacial score (nSPS) is 17.3. The molecule has 8 heteroatoms. The fourth-order valence-electron chi connectivity index (χ4n) is 5.53. The summed E-state index contributed by atoms with van der Waals surface area (Å²) in [6, 6.07) is 20.3. The molecule has 2 aliphatic heterocycles. The van der Waals surface area contributed by atoms with Crippen LogP contribution in [0.25, 0.3) is 11.5 Å². The van der Waals surface area contributed by atoms with Crippen molar-refractivity contribution in [1.29, 1.82) is 0 Å². The number of benzene rings is 1. The molecule has 2 saturated heterocycles. The van der Waals surface area contributed by atoms with Crippen LogP contribution in [0.5, 0.6) is 0 Å². The van der Waals surface area contributed by atoms with E-state index in [1.165, 1.54) is 5.56 Å². The summed E-state index contributed by atoms with van der Waals surface area (Å²) < 4.78 is 4.15. The first kappa shape index (κ1) is 23.5. The Hall–Kier alpha value is -3.91. The molecule has 0 spiro atoms. The lowest BCUT2D eigenvalue weighted by Gasteiger charge is -2.39. The highest BCUT2D eigenvalue weighted by Crippen LogP contribution is 2.26. The van der Waals surface area contributed by atoms with E-state index in [9.17, 15) is 4.79 Å². The van der Waals surface area contributed by atoms with Gasteiger partial charge in [0.2, 0.25) is 5.91 Å². The average Bonchev–Trinajstić information content (AvgIpc) is 3.64. The monoisotopic (exact) mass is 495 g/mol. The van der Waals surface area contributed by atoms with Gasteiger partial charge in [0.25, 0.3) is 0 Å². The highest BCUT2D eigenvalue weighted by Gasteiger charge is 2.31. The molecule has 1 aromatic carbocycles. The Balaban J connectivity index is 1.07. The molecule has 190 valence electrons. The molecule has 0 radical (unpaired) electrons. The van der Waals surface area contributed by atoms with Crippen molar-refractivity contribution in [2.45, 2.75) is 19.4 Å². The van der Waals surface area contributed by atoms with Gasteiger partial charge in [-0.25, -0.2) is 9.67 Å². The molecule has 0 saturated carbocycles. The van der Waals surface area contributed by atoms with E-state index in [2.05, 4.69) is 48.8 Å². The molecule has 37 heavy (non-hydrogen) atoms. The maximum Gasteiger partial charge on any atom is 0.225 e. The minimum atomic E-state index is 0.119. The third-order valence-electron chi connectivity index (χ3n) is 7.56. The zero-order chi connectivity index (χ0) is 25.0. The first-order valence-electron chi connectivity index (χ1n) is 13.2. The van der Waals surface area contributed by atoms with E-state index in [1.807, 2.05) is 65.6 Å². The molecule has 0 unspecified atom stereocenters. The molecule has 3 aromatic heterocycles. The van der Waals surface area contributed by atoms with E-state index >= 15 is 0 Å². The minimum absolute atomic E-state index is 0.119. The van der Waals surface area contributed by atoms with Crippen LogP contribution in [0.3, 0.4) is 0 Å². The Bertz CT molecular complexity index is 1290. The van der Waals surface area contributed by atoms with Crippen molar-refractivity contribution in [3.05, 3.63) is 91.0 Å². The Morgan fingerprint density at radius 3 is 2.27 bits per heavy atom. The number of anilines is 1. The predicted molar refractivity (Wildman–Crippen MR) is 144 cm³/mol. The first-order chi connectivity index (χ1) is 18.3. The number of rotatable bonds is 6. The Labute approximate surface area is 217 Å². The highest BCUT2D eigenvalue weighted by molar-refractivity contribution is 5.79. The van der Waals surface area contributed by atoms with Crippen LogP contribution in [0, 0.1) is 5.92 Å². The van der Waals surface area contributed by atoms with E-state index < -0.39 is 0 Å². The van der Waals surface area contributed by atoms with Crippen molar-refractivity contribution < 1.29 is 4.79 Å². The number of hydrogen-bond acceptors (Lipinski definition) is 5. The van der Waals surface area contributed by atoms with E-state index in [0.717, 1.165) is 76.0 Å². The van der Waals surface area contributed by atoms with Crippen LogP contribution in [-0.2, 0) is 11.3 Å². The second-order valence-corrected chi connectivity index (χ2v) is 9.88. The number of nitrogens with zero attached hydrogens (tertiary/aromatic N) is 7. The molecule has 2 fully saturated rings. The SMILES string of the molecule is O=C(C1CCN(Cc2cnn(-c3ccccc3)c2-n2cccc2)CC1)N1CCN(c2ccccn2)CC1. The average molecular weight is 496 g/mol. The number of amides is 1. The van der Waals surface area contributed by atoms with Gasteiger partial charge in [-0.2, -0.15) is 5.10 Å². The Morgan fingerprint density at radius 1 is 0.838 bits per heavy atom. The van der Waals surface area contributed by atoms with Crippen molar-refractivity contribution in [2.24, 2.45) is 5.92 Å². The number of piperidine rings is 1. The van der Waals surface area contributed by atoms with Gasteiger partial charge >= 0.3 is 0 Å². The number of carbonyl (C=O) groups is 1. The first-order valence-corrected chi connectivity index (χ1v) is 13.2. The number of aromatic nitrogens is 4. The zero-order valence-corrected chi connectivity index (χ0v) is 21.1. The summed E-state index contributed by atoms with van der Waals surface area (Å²) in [6.45, 7) is 5.90. The number of piperazine rings is 1. The maximum atomic E-state index is 13.3. The van der Waals surface area contributed by atoms with Gasteiger partial charge in [0.05, 0.1) is 11.9 Å². The number of hydrogen-bond donors (Lipinski definition) is 0. The fraction of sp³-hybridized carbons (Fsp3) is 0.345. The number of likely N-dealkylation sites (tertiary alicyclic amines) is 1. The smallest absolute Gasteiger partial charge is 0.225 e. The number of carbonyl (C=O) groups excluding carboxylic acids is 1. The minimum Gasteiger partial charge on any atom is -0.353 e. The van der Waals surface area contributed by atoms with Crippen molar-refractivity contribution in [1.82, 2.24) is 29.1 Å². The molecule has 1 amide bonds. The summed E-state index contributed by atoms with van der Waals surface area (Å²) in [5.74, 6) is 2.51. The molecule has 4 aromatic rings. The van der Waals surface area contributed by atoms with Gasteiger partial charge in [0.15, 0.2) is 0 Å². The lowest BCUT2D eigenvalue weighted by Crippen LogP contribution is -2.51. The van der Waals surface area contributed by atoms with Crippen LogP contribution in [-0.4, -0.2) is 74.3 Å². The quantitative estimate of drug-likeness (QED) is 0.409. The van der Waals surface area contributed by atoms with Gasteiger partial charge in [0, 0.05) is 62.8 Å². The summed E-state index contributed by atoms with van der Waals surface area (Å²) in [6.07, 6.45) is 9.77. The molecule has 0 aliphatic carbocycles. The van der Waals surface area contributed by atoms with Crippen LogP contribution in [0.1, 0.15) is 18.4 Å². The molecule has 0 N–H and O–H groups in total. The topological polar surface area (TPSA) is 62.4 Å². The zero-order valence-electron chi connectivity index (χ0n) is 21.1. The molecule has 8 nitrogen and oxygen atoms in total. The molecule has 6 rings (SSSR count). The summed E-state index contributed by atoms with van der Waals surface area (Å²) in [4.78, 5) is 24.5. The number of pyridine rings is 1. The van der Waals surface area contributed by atoms with E-state index in [0.29, 0.717) is 5.91 Å². The predicted octanol–water partition coefficient (Wildman–Crippen LogP) is 3.62. The summed E-state index contributed by atoms with van der Waals surface area (Å²) in [7, 11) is 0. The van der Waals surface area contributed by atoms with Crippen molar-refractivity contribution >= 4 is 11.7 Å². The van der Waals surface area contributed by atoms with Crippen LogP contribution in [0.2, 0.25) is 0 Å². The van der Waals surface area contributed by atoms with E-state index in [-0.39, 0.29) is 5.92 Å². The van der Waals surface area contributed by atoms with Crippen LogP contribution in [0.15, 0.2) is 85.5 Å². The van der Waals surface area contributed by atoms with E-state index in [4.69, 9.17) is 5.10 Å². The third kappa shape index (κ3) is 5.02. The van der Waals surface area contributed by atoms with Crippen molar-refractivity contribution in [3.8, 4) is 11.5 Å². The molecule has 5 heterocycles. The summed E-state index contributed by atoms with van der Waals surface area (Å²) >= 11 is 0. The standard InChI is InChI=1S/C29H33N7O/c37-29(35-20-18-33(19-21-35)27-10-4-5-13-30-27)24-11-16-32(17-12-24)23-25-22-31-36(26-8-2-1-3-9-26)28(25)34-14-6-7-15-34/h1-10,13-15,22,24H,11-12,16-21,23H2. The van der Waals surface area contributed by atoms with Crippen molar-refractivity contribution in [2.75, 3.05) is 44.2 Å². The van der Waals surface area contributed by atoms with Crippen LogP contribution < -0.4 is 4.90 Å². The molecular formula is C29H33N7O. The van der Waals surface area contributed by atoms with Gasteiger partial charge in [0.1, 0.15) is 11.6 Å². The van der Waals surface area contributed by atoms with Crippen LogP contribution >= 0.6 is 0 Å². The molecule has 0 atom stereocenters. The maximum absolute atomic E-state index is 13.3. The van der Waals surface area contributed by atoms with Gasteiger partial charge < -0.3 is 14.4 Å². The molecular weight excluding hydrogens is 462 g/mol. The van der Waals surface area contributed by atoms with E-state index in [1.54, 1.807) is 0 Å². The summed E-state index contributed by atoms with van der Waals surface area (Å²) in [5, 5.41) is 4.74. The second kappa shape index (κ2) is 10.6. The Morgan fingerprint density at radius 2 is 1.57 bits per heavy atom. The molecule has 2 aliphatic rings. The fourth-order valence-corrected chi connectivity index (χ4v) is 5.53. The lowest BCUT2D eigenvalue weighted by molar-refractivity contribution is -0.137. The largest absolute Gasteiger partial charge is 0.353 e. The van der Waals surface area contributed by atoms with Gasteiger partial charge in [-0.1, -0.05) is 24.3 Å². The molecule has 0 bridgehead atoms.